The fourth-order valence-electron chi connectivity index (χ4n) is 3.77. The Bertz CT molecular complexity index is 1150. The van der Waals surface area contributed by atoms with Crippen LogP contribution in [0.15, 0.2) is 24.3 Å². The van der Waals surface area contributed by atoms with Crippen molar-refractivity contribution in [3.63, 3.8) is 0 Å². The van der Waals surface area contributed by atoms with Crippen molar-refractivity contribution in [2.75, 3.05) is 11.9 Å². The molecule has 1 atom stereocenters. The van der Waals surface area contributed by atoms with Gasteiger partial charge in [-0.05, 0) is 24.5 Å². The molecule has 1 N–H and O–H groups in total. The van der Waals surface area contributed by atoms with Gasteiger partial charge in [0.15, 0.2) is 6.61 Å². The molecule has 186 valence electrons. The topological polar surface area (TPSA) is 92.8 Å². The van der Waals surface area contributed by atoms with Gasteiger partial charge in [-0.3, -0.25) is 19.3 Å². The average Bonchev–Trinajstić information content (AvgIpc) is 3.10. The molecule has 2 aromatic rings. The molecule has 0 spiro atoms. The van der Waals surface area contributed by atoms with Gasteiger partial charge in [0, 0.05) is 5.69 Å². The standard InChI is InChI=1S/C24H22Cl4N2O5/c1-3-5-10-14(24(34)35-11-15(31)29-13-9-7-6-8-12(13)4-2)30-22(32)16-17(23(30)33)19(26)21(28)20(27)18(16)25/h6-9,14H,3-5,10-11H2,1-2H3,(H,29,31)/t14-/m0/s1. The van der Waals surface area contributed by atoms with E-state index < -0.39 is 36.3 Å². The quantitative estimate of drug-likeness (QED) is 0.171. The van der Waals surface area contributed by atoms with Crippen molar-refractivity contribution in [2.45, 2.75) is 45.6 Å². The maximum Gasteiger partial charge on any atom is 0.329 e. The Morgan fingerprint density at radius 2 is 1.51 bits per heavy atom. The highest BCUT2D eigenvalue weighted by Gasteiger charge is 2.47. The molecular weight excluding hydrogens is 538 g/mol. The number of nitrogens with zero attached hydrogens (tertiary/aromatic N) is 1. The number of hydrogen-bond acceptors (Lipinski definition) is 5. The minimum atomic E-state index is -1.29. The molecule has 0 radical (unpaired) electrons. The molecule has 1 aliphatic heterocycles. The Morgan fingerprint density at radius 3 is 2.06 bits per heavy atom. The molecule has 35 heavy (non-hydrogen) atoms. The highest BCUT2D eigenvalue weighted by Crippen LogP contribution is 2.45. The van der Waals surface area contributed by atoms with Crippen LogP contribution in [0.1, 0.15) is 59.4 Å². The summed E-state index contributed by atoms with van der Waals surface area (Å²) < 4.78 is 5.21. The smallest absolute Gasteiger partial charge is 0.329 e. The summed E-state index contributed by atoms with van der Waals surface area (Å²) in [6.07, 6.45) is 2.01. The van der Waals surface area contributed by atoms with Gasteiger partial charge in [0.25, 0.3) is 17.7 Å². The summed E-state index contributed by atoms with van der Waals surface area (Å²) in [6, 6.07) is 5.96. The average molecular weight is 560 g/mol. The van der Waals surface area contributed by atoms with Crippen LogP contribution in [-0.4, -0.2) is 41.2 Å². The maximum atomic E-state index is 13.2. The van der Waals surface area contributed by atoms with E-state index in [2.05, 4.69) is 5.32 Å². The number of fused-ring (bicyclic) bond motifs is 1. The van der Waals surface area contributed by atoms with Crippen LogP contribution < -0.4 is 5.32 Å². The molecule has 3 amide bonds. The van der Waals surface area contributed by atoms with Gasteiger partial charge in [-0.1, -0.05) is 91.3 Å². The van der Waals surface area contributed by atoms with Crippen LogP contribution in [-0.2, 0) is 20.7 Å². The molecule has 0 saturated heterocycles. The third-order valence-corrected chi connectivity index (χ3v) is 7.37. The molecule has 1 heterocycles. The molecule has 1 aliphatic rings. The number of ether oxygens (including phenoxy) is 1. The van der Waals surface area contributed by atoms with E-state index in [4.69, 9.17) is 51.1 Å². The molecule has 0 bridgehead atoms. The molecular formula is C24H22Cl4N2O5. The lowest BCUT2D eigenvalue weighted by Crippen LogP contribution is -2.46. The van der Waals surface area contributed by atoms with Crippen molar-refractivity contribution >= 4 is 75.8 Å². The van der Waals surface area contributed by atoms with E-state index in [0.29, 0.717) is 24.9 Å². The first-order valence-electron chi connectivity index (χ1n) is 10.9. The van der Waals surface area contributed by atoms with Crippen molar-refractivity contribution in [3.8, 4) is 0 Å². The second kappa shape index (κ2) is 11.6. The second-order valence-corrected chi connectivity index (χ2v) is 9.32. The lowest BCUT2D eigenvalue weighted by molar-refractivity contribution is -0.151. The van der Waals surface area contributed by atoms with Crippen LogP contribution >= 0.6 is 46.4 Å². The van der Waals surface area contributed by atoms with Gasteiger partial charge in [-0.25, -0.2) is 4.79 Å². The number of aryl methyl sites for hydroxylation is 1. The van der Waals surface area contributed by atoms with E-state index in [1.54, 1.807) is 12.1 Å². The monoisotopic (exact) mass is 558 g/mol. The SMILES string of the molecule is CCCC[C@@H](C(=O)OCC(=O)Nc1ccccc1CC)N1C(=O)c2c(Cl)c(Cl)c(Cl)c(Cl)c2C1=O. The predicted octanol–water partition coefficient (Wildman–Crippen LogP) is 6.20. The van der Waals surface area contributed by atoms with Gasteiger partial charge in [-0.2, -0.15) is 0 Å². The number of nitrogens with one attached hydrogen (secondary N) is 1. The summed E-state index contributed by atoms with van der Waals surface area (Å²) in [5.41, 5.74) is 1.08. The Morgan fingerprint density at radius 1 is 0.943 bits per heavy atom. The fraction of sp³-hybridized carbons (Fsp3) is 0.333. The maximum absolute atomic E-state index is 13.2. The van der Waals surface area contributed by atoms with E-state index in [-0.39, 0.29) is 37.6 Å². The molecule has 0 aromatic heterocycles. The number of esters is 1. The molecule has 2 aromatic carbocycles. The number of unbranched alkanes of at least 4 members (excludes halogenated alkanes) is 1. The van der Waals surface area contributed by atoms with E-state index in [9.17, 15) is 19.2 Å². The Hall–Kier alpha value is -2.32. The van der Waals surface area contributed by atoms with Crippen LogP contribution in [0, 0.1) is 0 Å². The van der Waals surface area contributed by atoms with Crippen molar-refractivity contribution in [3.05, 3.63) is 61.0 Å². The van der Waals surface area contributed by atoms with E-state index in [0.717, 1.165) is 10.5 Å². The number of imide groups is 1. The summed E-state index contributed by atoms with van der Waals surface area (Å²) in [4.78, 5) is 52.5. The Balaban J connectivity index is 1.81. The normalized spacial score (nSPS) is 13.6. The van der Waals surface area contributed by atoms with Crippen LogP contribution in [0.3, 0.4) is 0 Å². The molecule has 0 fully saturated rings. The summed E-state index contributed by atoms with van der Waals surface area (Å²) in [7, 11) is 0. The van der Waals surface area contributed by atoms with Crippen LogP contribution in [0.5, 0.6) is 0 Å². The van der Waals surface area contributed by atoms with Crippen molar-refractivity contribution < 1.29 is 23.9 Å². The zero-order chi connectivity index (χ0) is 25.9. The first kappa shape index (κ1) is 27.3. The summed E-state index contributed by atoms with van der Waals surface area (Å²) in [6.45, 7) is 3.24. The molecule has 11 heteroatoms. The van der Waals surface area contributed by atoms with Gasteiger partial charge in [-0.15, -0.1) is 0 Å². The van der Waals surface area contributed by atoms with Crippen molar-refractivity contribution in [1.29, 1.82) is 0 Å². The number of para-hydroxylation sites is 1. The lowest BCUT2D eigenvalue weighted by Gasteiger charge is -2.24. The zero-order valence-corrected chi connectivity index (χ0v) is 21.9. The van der Waals surface area contributed by atoms with Gasteiger partial charge >= 0.3 is 5.97 Å². The fourth-order valence-corrected chi connectivity index (χ4v) is 4.78. The summed E-state index contributed by atoms with van der Waals surface area (Å²) >= 11 is 24.5. The Kier molecular flexibility index (Phi) is 9.05. The van der Waals surface area contributed by atoms with Crippen LogP contribution in [0.25, 0.3) is 0 Å². The minimum absolute atomic E-state index is 0.123. The highest BCUT2D eigenvalue weighted by molar-refractivity contribution is 6.55. The summed E-state index contributed by atoms with van der Waals surface area (Å²) in [5.74, 6) is -3.14. The van der Waals surface area contributed by atoms with Gasteiger partial charge in [0.1, 0.15) is 6.04 Å². The predicted molar refractivity (Wildman–Crippen MR) is 136 cm³/mol. The summed E-state index contributed by atoms with van der Waals surface area (Å²) in [5, 5.41) is 1.90. The van der Waals surface area contributed by atoms with Crippen LogP contribution in [0.4, 0.5) is 5.69 Å². The molecule has 3 rings (SSSR count). The minimum Gasteiger partial charge on any atom is -0.454 e. The second-order valence-electron chi connectivity index (χ2n) is 7.81. The largest absolute Gasteiger partial charge is 0.454 e. The number of hydrogen-bond donors (Lipinski definition) is 1. The third-order valence-electron chi connectivity index (χ3n) is 5.57. The van der Waals surface area contributed by atoms with Crippen molar-refractivity contribution in [1.82, 2.24) is 4.90 Å². The zero-order valence-electron chi connectivity index (χ0n) is 18.9. The van der Waals surface area contributed by atoms with Crippen LogP contribution in [0.2, 0.25) is 20.1 Å². The number of rotatable bonds is 9. The van der Waals surface area contributed by atoms with Gasteiger partial charge in [0.05, 0.1) is 31.2 Å². The number of halogens is 4. The highest BCUT2D eigenvalue weighted by atomic mass is 35.5. The molecule has 0 aliphatic carbocycles. The first-order chi connectivity index (χ1) is 16.6. The van der Waals surface area contributed by atoms with E-state index >= 15 is 0 Å². The molecule has 0 saturated carbocycles. The van der Waals surface area contributed by atoms with Crippen molar-refractivity contribution in [2.24, 2.45) is 0 Å². The van der Waals surface area contributed by atoms with E-state index in [1.807, 2.05) is 26.0 Å². The number of carbonyl (C=O) groups is 4. The lowest BCUT2D eigenvalue weighted by atomic mass is 10.1. The third kappa shape index (κ3) is 5.43. The number of benzene rings is 2. The van der Waals surface area contributed by atoms with E-state index in [1.165, 1.54) is 0 Å². The number of amides is 3. The number of anilines is 1. The first-order valence-corrected chi connectivity index (χ1v) is 12.4. The Labute approximate surface area is 222 Å². The van der Waals surface area contributed by atoms with Gasteiger partial charge in [0.2, 0.25) is 0 Å². The molecule has 7 nitrogen and oxygen atoms in total. The number of carbonyl (C=O) groups excluding carboxylic acids is 4. The molecule has 0 unspecified atom stereocenters. The van der Waals surface area contributed by atoms with Gasteiger partial charge < -0.3 is 10.1 Å².